The summed E-state index contributed by atoms with van der Waals surface area (Å²) in [6, 6.07) is 8.86. The summed E-state index contributed by atoms with van der Waals surface area (Å²) in [7, 11) is 1.49. The molecule has 6 nitrogen and oxygen atoms in total. The van der Waals surface area contributed by atoms with Crippen molar-refractivity contribution in [3.8, 4) is 11.5 Å². The lowest BCUT2D eigenvalue weighted by molar-refractivity contribution is -0.137. The summed E-state index contributed by atoms with van der Waals surface area (Å²) in [5, 5.41) is 1.89. The number of hydrogen-bond donors (Lipinski definition) is 2. The van der Waals surface area contributed by atoms with E-state index >= 15 is 0 Å². The molecule has 1 unspecified atom stereocenters. The molecule has 0 bridgehead atoms. The number of halogens is 5. The van der Waals surface area contributed by atoms with Crippen LogP contribution in [0.15, 0.2) is 47.4 Å². The van der Waals surface area contributed by atoms with E-state index in [1.165, 1.54) is 39.1 Å². The lowest BCUT2D eigenvalue weighted by atomic mass is 10.0. The molecule has 3 aromatic rings. The predicted octanol–water partition coefficient (Wildman–Crippen LogP) is 5.80. The molecule has 2 N–H and O–H groups in total. The van der Waals surface area contributed by atoms with Crippen LogP contribution in [0, 0.1) is 19.8 Å². The van der Waals surface area contributed by atoms with Crippen LogP contribution in [0.25, 0.3) is 0 Å². The van der Waals surface area contributed by atoms with E-state index in [1.54, 1.807) is 12.1 Å². The van der Waals surface area contributed by atoms with E-state index in [4.69, 9.17) is 16.3 Å². The summed E-state index contributed by atoms with van der Waals surface area (Å²) in [5.74, 6) is -2.11. The summed E-state index contributed by atoms with van der Waals surface area (Å²) in [4.78, 5) is 17.1. The predicted molar refractivity (Wildman–Crippen MR) is 120 cm³/mol. The molecule has 0 radical (unpaired) electrons. The van der Waals surface area contributed by atoms with E-state index in [9.17, 15) is 26.9 Å². The van der Waals surface area contributed by atoms with Crippen LogP contribution >= 0.6 is 11.6 Å². The molecule has 3 rings (SSSR count). The number of aromatic nitrogens is 1. The van der Waals surface area contributed by atoms with Crippen LogP contribution in [-0.2, 0) is 17.5 Å². The molecule has 0 saturated carbocycles. The molecule has 1 amide bonds. The molecule has 1 atom stereocenters. The van der Waals surface area contributed by atoms with E-state index in [0.717, 1.165) is 6.07 Å². The molecule has 0 spiro atoms. The second-order valence-electron chi connectivity index (χ2n) is 7.01. The number of alkyl halides is 3. The number of benzene rings is 2. The van der Waals surface area contributed by atoms with Gasteiger partial charge in [0.2, 0.25) is 5.95 Å². The van der Waals surface area contributed by atoms with Crippen molar-refractivity contribution in [3.63, 3.8) is 0 Å². The Kier molecular flexibility index (Phi) is 7.71. The lowest BCUT2D eigenvalue weighted by Crippen LogP contribution is -2.20. The van der Waals surface area contributed by atoms with Crippen molar-refractivity contribution in [1.82, 2.24) is 9.71 Å². The maximum Gasteiger partial charge on any atom is 0.417 e. The first-order chi connectivity index (χ1) is 15.9. The smallest absolute Gasteiger partial charge is 0.417 e. The van der Waals surface area contributed by atoms with Gasteiger partial charge in [-0.15, -0.1) is 4.72 Å². The topological polar surface area (TPSA) is 86.3 Å². The number of pyridine rings is 1. The molecule has 1 aromatic heterocycles. The van der Waals surface area contributed by atoms with Crippen molar-refractivity contribution in [2.75, 3.05) is 12.4 Å². The first-order valence-electron chi connectivity index (χ1n) is 9.64. The fraction of sp³-hybridized carbons (Fsp3) is 0.182. The Morgan fingerprint density at radius 3 is 2.47 bits per heavy atom. The number of anilines is 1. The van der Waals surface area contributed by atoms with E-state index in [1.807, 2.05) is 0 Å². The van der Waals surface area contributed by atoms with E-state index in [2.05, 4.69) is 15.0 Å². The average Bonchev–Trinajstić information content (AvgIpc) is 2.76. The third-order valence-corrected chi connectivity index (χ3v) is 6.25. The number of nitrogens with one attached hydrogen (secondary N) is 2. The van der Waals surface area contributed by atoms with Crippen molar-refractivity contribution in [1.29, 1.82) is 0 Å². The van der Waals surface area contributed by atoms with Crippen LogP contribution < -0.4 is 14.8 Å². The van der Waals surface area contributed by atoms with Crippen molar-refractivity contribution >= 4 is 34.6 Å². The van der Waals surface area contributed by atoms with Crippen molar-refractivity contribution in [2.45, 2.75) is 24.9 Å². The summed E-state index contributed by atoms with van der Waals surface area (Å²) in [6.07, 6.45) is -4.82. The van der Waals surface area contributed by atoms with E-state index < -0.39 is 45.7 Å². The molecule has 180 valence electrons. The zero-order chi connectivity index (χ0) is 25.2. The first-order valence-corrected chi connectivity index (χ1v) is 11.2. The van der Waals surface area contributed by atoms with Crippen molar-refractivity contribution in [2.24, 2.45) is 0 Å². The van der Waals surface area contributed by atoms with Gasteiger partial charge in [0.05, 0.1) is 33.2 Å². The van der Waals surface area contributed by atoms with Crippen LogP contribution in [0.4, 0.5) is 23.2 Å². The second-order valence-corrected chi connectivity index (χ2v) is 8.80. The molecule has 0 aliphatic heterocycles. The Morgan fingerprint density at radius 1 is 1.15 bits per heavy atom. The van der Waals surface area contributed by atoms with Gasteiger partial charge in [-0.3, -0.25) is 4.79 Å². The fourth-order valence-electron chi connectivity index (χ4n) is 3.08. The molecule has 12 heteroatoms. The van der Waals surface area contributed by atoms with Crippen molar-refractivity contribution in [3.05, 3.63) is 75.8 Å². The van der Waals surface area contributed by atoms with Gasteiger partial charge < -0.3 is 14.6 Å². The number of hydrogen-bond acceptors (Lipinski definition) is 5. The van der Waals surface area contributed by atoms with E-state index in [0.29, 0.717) is 11.0 Å². The fourth-order valence-corrected chi connectivity index (χ4v) is 4.00. The molecule has 2 aromatic carbocycles. The van der Waals surface area contributed by atoms with Gasteiger partial charge in [-0.1, -0.05) is 17.7 Å². The highest BCUT2D eigenvalue weighted by atomic mass is 35.5. The van der Waals surface area contributed by atoms with Gasteiger partial charge in [-0.25, -0.2) is 4.98 Å². The van der Waals surface area contributed by atoms with Gasteiger partial charge in [0, 0.05) is 18.8 Å². The van der Waals surface area contributed by atoms with Gasteiger partial charge >= 0.3 is 6.18 Å². The minimum Gasteiger partial charge on any atom is -0.593 e. The van der Waals surface area contributed by atoms with Crippen LogP contribution in [0.1, 0.15) is 27.2 Å². The third-order valence-electron chi connectivity index (χ3n) is 4.71. The summed E-state index contributed by atoms with van der Waals surface area (Å²) in [5.41, 5.74) is -1.33. The number of amides is 1. The molecule has 34 heavy (non-hydrogen) atoms. The zero-order valence-electron chi connectivity index (χ0n) is 18.0. The Bertz CT molecular complexity index is 1240. The highest BCUT2D eigenvalue weighted by Gasteiger charge is 2.37. The Hall–Kier alpha value is -2.86. The number of ether oxygens (including phenoxy) is 1. The van der Waals surface area contributed by atoms with Crippen LogP contribution in [0.5, 0.6) is 11.5 Å². The normalized spacial score (nSPS) is 12.4. The summed E-state index contributed by atoms with van der Waals surface area (Å²) in [6.45, 7) is 2.65. The first kappa shape index (κ1) is 25.8. The minimum absolute atomic E-state index is 0.0447. The quantitative estimate of drug-likeness (QED) is 0.246. The lowest BCUT2D eigenvalue weighted by Gasteiger charge is -2.19. The average molecular weight is 516 g/mol. The zero-order valence-corrected chi connectivity index (χ0v) is 19.6. The molecule has 0 aliphatic rings. The number of rotatable bonds is 6. The second kappa shape index (κ2) is 10.2. The third kappa shape index (κ3) is 5.61. The largest absolute Gasteiger partial charge is 0.593 e. The minimum atomic E-state index is -4.82. The standard InChI is InChI=1S/C22H18ClF4N3O3S/c1-11-19(21(31)30-13-5-4-6-14(9-13)34(32)28-3)17(10-15(20(11)23)22(25,26)27)33-16-7-8-18(24)29-12(16)2/h4-10,28H,1-3H3,(H,30,31). The molecule has 1 heterocycles. The molecule has 0 fully saturated rings. The van der Waals surface area contributed by atoms with Gasteiger partial charge in [-0.2, -0.15) is 17.6 Å². The maximum atomic E-state index is 13.6. The molecular weight excluding hydrogens is 498 g/mol. The Labute approximate surface area is 200 Å². The van der Waals surface area contributed by atoms with E-state index in [-0.39, 0.29) is 28.3 Å². The molecular formula is C22H18ClF4N3O3S. The monoisotopic (exact) mass is 515 g/mol. The van der Waals surface area contributed by atoms with Crippen LogP contribution in [-0.4, -0.2) is 22.5 Å². The molecule has 0 aliphatic carbocycles. The number of carbonyl (C=O) groups excluding carboxylic acids is 1. The van der Waals surface area contributed by atoms with Crippen LogP contribution in [0.2, 0.25) is 5.02 Å². The van der Waals surface area contributed by atoms with Crippen molar-refractivity contribution < 1.29 is 31.6 Å². The highest BCUT2D eigenvalue weighted by Crippen LogP contribution is 2.42. The summed E-state index contributed by atoms with van der Waals surface area (Å²) >= 11 is 4.45. The maximum absolute atomic E-state index is 13.6. The van der Waals surface area contributed by atoms with Gasteiger partial charge in [0.25, 0.3) is 5.91 Å². The number of nitrogens with zero attached hydrogens (tertiary/aromatic N) is 1. The number of carbonyl (C=O) groups is 1. The summed E-state index contributed by atoms with van der Waals surface area (Å²) < 4.78 is 74.2. The SMILES string of the molecule is CN[S+]([O-])c1cccc(NC(=O)c2c(Oc3ccc(F)nc3C)cc(C(F)(F)F)c(Cl)c2C)c1. The Morgan fingerprint density at radius 2 is 1.85 bits per heavy atom. The van der Waals surface area contributed by atoms with Gasteiger partial charge in [0.1, 0.15) is 11.5 Å². The Balaban J connectivity index is 2.09. The number of aryl methyl sites for hydroxylation is 1. The van der Waals surface area contributed by atoms with Gasteiger partial charge in [-0.05, 0) is 49.7 Å². The molecule has 0 saturated heterocycles. The highest BCUT2D eigenvalue weighted by molar-refractivity contribution is 7.89. The van der Waals surface area contributed by atoms with Crippen LogP contribution in [0.3, 0.4) is 0 Å². The van der Waals surface area contributed by atoms with Gasteiger partial charge in [0.15, 0.2) is 4.90 Å².